The molecule has 3 saturated heterocycles. The highest BCUT2D eigenvalue weighted by molar-refractivity contribution is 5.68. The first kappa shape index (κ1) is 22.3. The highest BCUT2D eigenvalue weighted by Gasteiger charge is 2.40. The van der Waals surface area contributed by atoms with Crippen LogP contribution < -0.4 is 16.0 Å². The van der Waals surface area contributed by atoms with Crippen LogP contribution in [0.3, 0.4) is 0 Å². The van der Waals surface area contributed by atoms with Crippen molar-refractivity contribution in [3.8, 4) is 0 Å². The summed E-state index contributed by atoms with van der Waals surface area (Å²) in [5.74, 6) is 0.617. The average Bonchev–Trinajstić information content (AvgIpc) is 2.73. The quantitative estimate of drug-likeness (QED) is 0.508. The van der Waals surface area contributed by atoms with Gasteiger partial charge in [-0.05, 0) is 39.0 Å². The summed E-state index contributed by atoms with van der Waals surface area (Å²) < 4.78 is 6.02. The Hall–Kier alpha value is -0.930. The lowest BCUT2D eigenvalue weighted by molar-refractivity contribution is -0.0200. The van der Waals surface area contributed by atoms with E-state index in [1.54, 1.807) is 4.90 Å². The molecule has 0 aromatic heterocycles. The number of rotatable bonds is 5. The molecule has 1 amide bonds. The molecule has 4 aliphatic rings. The molecule has 0 bridgehead atoms. The maximum Gasteiger partial charge on any atom is 0.410 e. The van der Waals surface area contributed by atoms with Crippen LogP contribution in [0.15, 0.2) is 0 Å². The van der Waals surface area contributed by atoms with Gasteiger partial charge >= 0.3 is 6.09 Å². The van der Waals surface area contributed by atoms with Gasteiger partial charge in [-0.2, -0.15) is 0 Å². The zero-order chi connectivity index (χ0) is 21.1. The van der Waals surface area contributed by atoms with Gasteiger partial charge < -0.3 is 30.7 Å². The molecule has 8 nitrogen and oxygen atoms in total. The van der Waals surface area contributed by atoms with Crippen LogP contribution in [0.4, 0.5) is 4.79 Å². The number of amides is 1. The number of carbonyl (C=O) groups is 1. The van der Waals surface area contributed by atoms with E-state index in [-0.39, 0.29) is 24.3 Å². The molecule has 0 aromatic carbocycles. The van der Waals surface area contributed by atoms with E-state index >= 15 is 0 Å². The number of nitrogens with zero attached hydrogens (tertiary/aromatic N) is 2. The van der Waals surface area contributed by atoms with Gasteiger partial charge in [0.1, 0.15) is 5.60 Å². The third-order valence-corrected chi connectivity index (χ3v) is 7.44. The van der Waals surface area contributed by atoms with Crippen LogP contribution in [0.2, 0.25) is 0 Å². The van der Waals surface area contributed by atoms with E-state index in [2.05, 4.69) is 34.7 Å². The van der Waals surface area contributed by atoms with E-state index in [1.807, 2.05) is 0 Å². The van der Waals surface area contributed by atoms with Crippen molar-refractivity contribution in [1.29, 1.82) is 0 Å². The van der Waals surface area contributed by atoms with Crippen molar-refractivity contribution >= 4 is 6.09 Å². The molecule has 0 aromatic rings. The molecular formula is C22H41N5O3. The monoisotopic (exact) mass is 423 g/mol. The van der Waals surface area contributed by atoms with Crippen LogP contribution in [-0.4, -0.2) is 103 Å². The van der Waals surface area contributed by atoms with Gasteiger partial charge in [0, 0.05) is 64.4 Å². The van der Waals surface area contributed by atoms with Crippen molar-refractivity contribution in [2.24, 2.45) is 5.92 Å². The van der Waals surface area contributed by atoms with E-state index in [0.717, 1.165) is 39.1 Å². The first-order valence-corrected chi connectivity index (χ1v) is 12.0. The summed E-state index contributed by atoms with van der Waals surface area (Å²) in [6.45, 7) is 11.3. The summed E-state index contributed by atoms with van der Waals surface area (Å²) >= 11 is 0. The summed E-state index contributed by atoms with van der Waals surface area (Å²) in [7, 11) is 0. The minimum Gasteiger partial charge on any atom is -0.443 e. The van der Waals surface area contributed by atoms with Gasteiger partial charge in [0.25, 0.3) is 0 Å². The second-order valence-corrected chi connectivity index (χ2v) is 10.3. The largest absolute Gasteiger partial charge is 0.443 e. The summed E-state index contributed by atoms with van der Waals surface area (Å²) in [5, 5.41) is 20.1. The Morgan fingerprint density at radius 3 is 2.63 bits per heavy atom. The number of aliphatic hydroxyl groups excluding tert-OH is 1. The third kappa shape index (κ3) is 5.46. The van der Waals surface area contributed by atoms with E-state index in [4.69, 9.17) is 4.74 Å². The minimum absolute atomic E-state index is 0.0257. The predicted octanol–water partition coefficient (Wildman–Crippen LogP) is 0.362. The van der Waals surface area contributed by atoms with Crippen LogP contribution in [-0.2, 0) is 4.74 Å². The lowest BCUT2D eigenvalue weighted by atomic mass is 9.79. The summed E-state index contributed by atoms with van der Waals surface area (Å²) in [6, 6.07) is 0.793. The van der Waals surface area contributed by atoms with Crippen molar-refractivity contribution < 1.29 is 14.6 Å². The molecule has 3 aliphatic heterocycles. The Morgan fingerprint density at radius 2 is 1.93 bits per heavy atom. The van der Waals surface area contributed by atoms with Gasteiger partial charge in [-0.25, -0.2) is 4.79 Å². The zero-order valence-electron chi connectivity index (χ0n) is 18.7. The van der Waals surface area contributed by atoms with E-state index in [9.17, 15) is 9.90 Å². The van der Waals surface area contributed by atoms with Gasteiger partial charge in [0.2, 0.25) is 0 Å². The number of β-amino-alcohol motifs (C(OH)–C–C–N with tert-alkyl or cyclic N) is 1. The number of aliphatic hydroxyl groups is 1. The maximum absolute atomic E-state index is 12.9. The highest BCUT2D eigenvalue weighted by atomic mass is 16.6. The first-order chi connectivity index (χ1) is 14.4. The Labute approximate surface area is 181 Å². The average molecular weight is 424 g/mol. The highest BCUT2D eigenvalue weighted by Crippen LogP contribution is 2.34. The molecule has 4 rings (SSSR count). The number of hydrogen-bond donors (Lipinski definition) is 4. The fraction of sp³-hybridized carbons (Fsp3) is 0.955. The molecule has 172 valence electrons. The zero-order valence-corrected chi connectivity index (χ0v) is 18.7. The lowest BCUT2D eigenvalue weighted by Crippen LogP contribution is -2.70. The van der Waals surface area contributed by atoms with E-state index in [1.165, 1.54) is 25.7 Å². The number of hydrogen-bond acceptors (Lipinski definition) is 7. The Morgan fingerprint density at radius 1 is 1.13 bits per heavy atom. The molecule has 1 aliphatic carbocycles. The molecular weight excluding hydrogens is 382 g/mol. The molecule has 30 heavy (non-hydrogen) atoms. The number of carbonyl (C=O) groups excluding carboxylic acids is 1. The first-order valence-electron chi connectivity index (χ1n) is 12.0. The van der Waals surface area contributed by atoms with Gasteiger partial charge in [0.15, 0.2) is 0 Å². The molecule has 4 N–H and O–H groups in total. The lowest BCUT2D eigenvalue weighted by Gasteiger charge is -2.45. The topological polar surface area (TPSA) is 89.1 Å². The van der Waals surface area contributed by atoms with Crippen molar-refractivity contribution in [1.82, 2.24) is 25.8 Å². The molecule has 5 atom stereocenters. The fourth-order valence-electron chi connectivity index (χ4n) is 5.82. The standard InChI is InChI=1S/C22H41N5O3/c1-22(2,13-16-4-3-5-17(12-16)26-9-6-23-7-10-26)30-21(29)27-11-8-24-18(15-27)20-19(28)14-25-20/h16-20,23-25,28H,3-15H2,1-2H3. The number of piperazine rings is 2. The van der Waals surface area contributed by atoms with E-state index < -0.39 is 5.60 Å². The Balaban J connectivity index is 1.26. The van der Waals surface area contributed by atoms with Gasteiger partial charge in [0.05, 0.1) is 12.1 Å². The maximum atomic E-state index is 12.9. The molecule has 8 heteroatoms. The second-order valence-electron chi connectivity index (χ2n) is 10.3. The summed E-state index contributed by atoms with van der Waals surface area (Å²) in [4.78, 5) is 17.4. The van der Waals surface area contributed by atoms with Crippen LogP contribution in [0, 0.1) is 5.92 Å². The molecule has 0 spiro atoms. The SMILES string of the molecule is CC(C)(CC1CCCC(N2CCNCC2)C1)OC(=O)N1CCNC(C2NCC2O)C1. The molecule has 0 radical (unpaired) electrons. The fourth-order valence-corrected chi connectivity index (χ4v) is 5.82. The smallest absolute Gasteiger partial charge is 0.410 e. The molecule has 5 unspecified atom stereocenters. The second kappa shape index (κ2) is 9.69. The molecule has 3 heterocycles. The summed E-state index contributed by atoms with van der Waals surface area (Å²) in [6.07, 6.45) is 5.44. The van der Waals surface area contributed by atoms with E-state index in [0.29, 0.717) is 31.6 Å². The van der Waals surface area contributed by atoms with Crippen molar-refractivity contribution in [3.05, 3.63) is 0 Å². The molecule has 4 fully saturated rings. The Kier molecular flexibility index (Phi) is 7.19. The molecule has 1 saturated carbocycles. The van der Waals surface area contributed by atoms with Crippen LogP contribution in [0.1, 0.15) is 46.0 Å². The van der Waals surface area contributed by atoms with Crippen molar-refractivity contribution in [2.45, 2.75) is 75.8 Å². The number of ether oxygens (including phenoxy) is 1. The van der Waals surface area contributed by atoms with Crippen molar-refractivity contribution in [3.63, 3.8) is 0 Å². The van der Waals surface area contributed by atoms with Gasteiger partial charge in [-0.15, -0.1) is 0 Å². The van der Waals surface area contributed by atoms with Gasteiger partial charge in [-0.3, -0.25) is 4.90 Å². The van der Waals surface area contributed by atoms with Crippen LogP contribution in [0.25, 0.3) is 0 Å². The summed E-state index contributed by atoms with van der Waals surface area (Å²) in [5.41, 5.74) is -0.457. The minimum atomic E-state index is -0.457. The third-order valence-electron chi connectivity index (χ3n) is 7.44. The Bertz CT molecular complexity index is 583. The van der Waals surface area contributed by atoms with Crippen LogP contribution in [0.5, 0.6) is 0 Å². The number of nitrogens with one attached hydrogen (secondary N) is 3. The van der Waals surface area contributed by atoms with Crippen LogP contribution >= 0.6 is 0 Å². The normalized spacial score (nSPS) is 36.2. The predicted molar refractivity (Wildman–Crippen MR) is 117 cm³/mol. The van der Waals surface area contributed by atoms with Gasteiger partial charge in [-0.1, -0.05) is 12.8 Å². The van der Waals surface area contributed by atoms with Crippen molar-refractivity contribution in [2.75, 3.05) is 52.4 Å².